The molecule has 0 aliphatic carbocycles. The van der Waals surface area contributed by atoms with E-state index in [1.807, 2.05) is 29.1 Å². The maximum Gasteiger partial charge on any atom is 0.138 e. The van der Waals surface area contributed by atoms with Crippen LogP contribution < -0.4 is 5.32 Å². The van der Waals surface area contributed by atoms with E-state index in [2.05, 4.69) is 32.5 Å². The van der Waals surface area contributed by atoms with E-state index in [1.54, 1.807) is 17.7 Å². The molecule has 6 heteroatoms. The fourth-order valence-corrected chi connectivity index (χ4v) is 3.62. The number of aromatic nitrogens is 4. The maximum absolute atomic E-state index is 4.53. The second kappa shape index (κ2) is 5.98. The number of nitrogens with zero attached hydrogens (tertiary/aromatic N) is 4. The lowest BCUT2D eigenvalue weighted by atomic mass is 10.1. The van der Waals surface area contributed by atoms with Gasteiger partial charge in [-0.25, -0.2) is 14.6 Å². The molecule has 1 aromatic carbocycles. The van der Waals surface area contributed by atoms with Crippen LogP contribution in [0.3, 0.4) is 0 Å². The quantitative estimate of drug-likeness (QED) is 0.804. The molecule has 5 nitrogen and oxygen atoms in total. The Balaban J connectivity index is 1.38. The van der Waals surface area contributed by atoms with E-state index in [0.717, 1.165) is 36.8 Å². The highest BCUT2D eigenvalue weighted by atomic mass is 32.1. The van der Waals surface area contributed by atoms with Gasteiger partial charge in [0, 0.05) is 35.6 Å². The smallest absolute Gasteiger partial charge is 0.138 e. The number of hydrogen-bond acceptors (Lipinski definition) is 5. The molecule has 0 bridgehead atoms. The van der Waals surface area contributed by atoms with Gasteiger partial charge < -0.3 is 5.32 Å². The largest absolute Gasteiger partial charge is 0.307 e. The molecule has 0 fully saturated rings. The zero-order chi connectivity index (χ0) is 14.8. The van der Waals surface area contributed by atoms with E-state index < -0.39 is 0 Å². The summed E-state index contributed by atoms with van der Waals surface area (Å²) in [5.41, 5.74) is 1.18. The van der Waals surface area contributed by atoms with Crippen molar-refractivity contribution in [3.63, 3.8) is 0 Å². The van der Waals surface area contributed by atoms with Crippen molar-refractivity contribution >= 4 is 11.3 Å². The lowest BCUT2D eigenvalue weighted by molar-refractivity contribution is 0.359. The fourth-order valence-electron chi connectivity index (χ4n) is 2.75. The average molecular weight is 311 g/mol. The van der Waals surface area contributed by atoms with Gasteiger partial charge in [0.1, 0.15) is 17.2 Å². The summed E-state index contributed by atoms with van der Waals surface area (Å²) in [4.78, 5) is 10.1. The highest BCUT2D eigenvalue weighted by Crippen LogP contribution is 2.25. The van der Waals surface area contributed by atoms with Gasteiger partial charge in [-0.05, 0) is 6.42 Å². The first-order chi connectivity index (χ1) is 10.9. The van der Waals surface area contributed by atoms with Crippen molar-refractivity contribution in [3.05, 3.63) is 53.6 Å². The molecular weight excluding hydrogens is 294 g/mol. The predicted molar refractivity (Wildman–Crippen MR) is 86.5 cm³/mol. The number of rotatable bonds is 4. The van der Waals surface area contributed by atoms with E-state index in [-0.39, 0.29) is 0 Å². The summed E-state index contributed by atoms with van der Waals surface area (Å²) in [7, 11) is 0. The standard InChI is InChI=1S/C16H17N5S/c1-2-4-12(5-3-1)16-18-9-14(22-16)8-17-13-6-7-15-19-11-20-21(15)10-13/h1-5,9,11,13,17H,6-8,10H2/t13-/m0/s1. The summed E-state index contributed by atoms with van der Waals surface area (Å²) in [6.45, 7) is 1.76. The van der Waals surface area contributed by atoms with E-state index in [1.165, 1.54) is 10.4 Å². The maximum atomic E-state index is 4.53. The molecular formula is C16H17N5S. The Morgan fingerprint density at radius 1 is 1.23 bits per heavy atom. The lowest BCUT2D eigenvalue weighted by Crippen LogP contribution is -2.37. The van der Waals surface area contributed by atoms with Crippen LogP contribution in [0.4, 0.5) is 0 Å². The minimum absolute atomic E-state index is 0.455. The zero-order valence-electron chi connectivity index (χ0n) is 12.1. The molecule has 112 valence electrons. The second-order valence-electron chi connectivity index (χ2n) is 5.47. The summed E-state index contributed by atoms with van der Waals surface area (Å²) in [5.74, 6) is 1.10. The number of hydrogen-bond donors (Lipinski definition) is 1. The second-order valence-corrected chi connectivity index (χ2v) is 6.59. The van der Waals surface area contributed by atoms with Gasteiger partial charge in [0.15, 0.2) is 0 Å². The van der Waals surface area contributed by atoms with Crippen molar-refractivity contribution in [2.24, 2.45) is 0 Å². The third-order valence-electron chi connectivity index (χ3n) is 3.94. The van der Waals surface area contributed by atoms with Gasteiger partial charge in [0.2, 0.25) is 0 Å². The van der Waals surface area contributed by atoms with Gasteiger partial charge in [0.25, 0.3) is 0 Å². The van der Waals surface area contributed by atoms with Crippen LogP contribution in [0.1, 0.15) is 17.1 Å². The van der Waals surface area contributed by atoms with Crippen LogP contribution >= 0.6 is 11.3 Å². The van der Waals surface area contributed by atoms with Crippen molar-refractivity contribution in [2.75, 3.05) is 0 Å². The van der Waals surface area contributed by atoms with Crippen molar-refractivity contribution in [2.45, 2.75) is 32.0 Å². The van der Waals surface area contributed by atoms with Crippen molar-refractivity contribution < 1.29 is 0 Å². The van der Waals surface area contributed by atoms with Crippen LogP contribution in [0, 0.1) is 0 Å². The first-order valence-corrected chi connectivity index (χ1v) is 8.30. The van der Waals surface area contributed by atoms with Gasteiger partial charge in [-0.3, -0.25) is 0 Å². The van der Waals surface area contributed by atoms with Crippen LogP contribution in [0.15, 0.2) is 42.9 Å². The Morgan fingerprint density at radius 2 is 2.14 bits per heavy atom. The van der Waals surface area contributed by atoms with E-state index in [9.17, 15) is 0 Å². The van der Waals surface area contributed by atoms with Crippen molar-refractivity contribution in [1.29, 1.82) is 0 Å². The number of nitrogens with one attached hydrogen (secondary N) is 1. The summed E-state index contributed by atoms with van der Waals surface area (Å²) in [6, 6.07) is 10.8. The molecule has 3 aromatic rings. The van der Waals surface area contributed by atoms with Crippen LogP contribution in [0.2, 0.25) is 0 Å². The molecule has 3 heterocycles. The molecule has 0 radical (unpaired) electrons. The summed E-state index contributed by atoms with van der Waals surface area (Å²) in [6.07, 6.45) is 5.73. The molecule has 0 amide bonds. The summed E-state index contributed by atoms with van der Waals surface area (Å²) >= 11 is 1.75. The van der Waals surface area contributed by atoms with Gasteiger partial charge in [-0.2, -0.15) is 5.10 Å². The predicted octanol–water partition coefficient (Wildman–Crippen LogP) is 2.51. The molecule has 2 aromatic heterocycles. The highest BCUT2D eigenvalue weighted by molar-refractivity contribution is 7.15. The summed E-state index contributed by atoms with van der Waals surface area (Å²) in [5, 5.41) is 8.96. The molecule has 1 atom stereocenters. The van der Waals surface area contributed by atoms with Crippen LogP contribution in [0.5, 0.6) is 0 Å². The average Bonchev–Trinajstić information content (AvgIpc) is 3.22. The van der Waals surface area contributed by atoms with Crippen LogP contribution in [-0.4, -0.2) is 25.8 Å². The molecule has 1 aliphatic heterocycles. The number of aryl methyl sites for hydroxylation is 1. The molecule has 0 saturated carbocycles. The molecule has 0 spiro atoms. The van der Waals surface area contributed by atoms with Gasteiger partial charge >= 0.3 is 0 Å². The lowest BCUT2D eigenvalue weighted by Gasteiger charge is -2.23. The Bertz CT molecular complexity index is 749. The van der Waals surface area contributed by atoms with Crippen LogP contribution in [-0.2, 0) is 19.5 Å². The molecule has 1 N–H and O–H groups in total. The molecule has 22 heavy (non-hydrogen) atoms. The number of thiazole rings is 1. The summed E-state index contributed by atoms with van der Waals surface area (Å²) < 4.78 is 2.00. The van der Waals surface area contributed by atoms with E-state index in [0.29, 0.717) is 6.04 Å². The monoisotopic (exact) mass is 311 g/mol. The van der Waals surface area contributed by atoms with E-state index in [4.69, 9.17) is 0 Å². The Hall–Kier alpha value is -2.05. The Labute approximate surface area is 133 Å². The topological polar surface area (TPSA) is 55.6 Å². The molecule has 0 unspecified atom stereocenters. The Morgan fingerprint density at radius 3 is 3.05 bits per heavy atom. The SMILES string of the molecule is c1ccc(-c2ncc(CN[C@H]3CCc4ncnn4C3)s2)cc1. The van der Waals surface area contributed by atoms with Gasteiger partial charge in [-0.15, -0.1) is 11.3 Å². The number of fused-ring (bicyclic) bond motifs is 1. The van der Waals surface area contributed by atoms with Crippen molar-refractivity contribution in [3.8, 4) is 10.6 Å². The number of benzene rings is 1. The third-order valence-corrected chi connectivity index (χ3v) is 4.99. The van der Waals surface area contributed by atoms with Gasteiger partial charge in [0.05, 0.1) is 6.54 Å². The fraction of sp³-hybridized carbons (Fsp3) is 0.312. The van der Waals surface area contributed by atoms with E-state index >= 15 is 0 Å². The third kappa shape index (κ3) is 2.80. The molecule has 4 rings (SSSR count). The zero-order valence-corrected chi connectivity index (χ0v) is 13.0. The van der Waals surface area contributed by atoms with Crippen molar-refractivity contribution in [1.82, 2.24) is 25.1 Å². The first-order valence-electron chi connectivity index (χ1n) is 7.49. The molecule has 1 aliphatic rings. The highest BCUT2D eigenvalue weighted by Gasteiger charge is 2.19. The Kier molecular flexibility index (Phi) is 3.70. The normalized spacial score (nSPS) is 17.4. The first kappa shape index (κ1) is 13.6. The van der Waals surface area contributed by atoms with Crippen LogP contribution in [0.25, 0.3) is 10.6 Å². The minimum atomic E-state index is 0.455. The van der Waals surface area contributed by atoms with Gasteiger partial charge in [-0.1, -0.05) is 30.3 Å². The molecule has 0 saturated heterocycles. The minimum Gasteiger partial charge on any atom is -0.307 e.